The van der Waals surface area contributed by atoms with Crippen LogP contribution in [-0.2, 0) is 4.79 Å². The first-order chi connectivity index (χ1) is 10.8. The smallest absolute Gasteiger partial charge is 0.230 e. The molecule has 5 nitrogen and oxygen atoms in total. The van der Waals surface area contributed by atoms with E-state index >= 15 is 0 Å². The predicted molar refractivity (Wildman–Crippen MR) is 93.6 cm³/mol. The van der Waals surface area contributed by atoms with Crippen molar-refractivity contribution in [3.05, 3.63) is 41.6 Å². The quantitative estimate of drug-likeness (QED) is 0.866. The van der Waals surface area contributed by atoms with Gasteiger partial charge >= 0.3 is 0 Å². The van der Waals surface area contributed by atoms with Crippen LogP contribution in [-0.4, -0.2) is 18.0 Å². The van der Waals surface area contributed by atoms with E-state index in [4.69, 9.17) is 16.3 Å². The second kappa shape index (κ2) is 6.87. The molecule has 0 bridgehead atoms. The predicted octanol–water partition coefficient (Wildman–Crippen LogP) is 4.47. The molecule has 0 aliphatic carbocycles. The van der Waals surface area contributed by atoms with Crippen LogP contribution >= 0.6 is 11.6 Å². The van der Waals surface area contributed by atoms with Crippen molar-refractivity contribution in [2.45, 2.75) is 20.8 Å². The molecule has 2 aromatic rings. The number of carbonyl (C=O) groups excluding carboxylic acids is 1. The summed E-state index contributed by atoms with van der Waals surface area (Å²) in [5.74, 6) is 1.06. The molecule has 0 atom stereocenters. The molecule has 1 aromatic carbocycles. The van der Waals surface area contributed by atoms with E-state index in [9.17, 15) is 4.79 Å². The molecular weight excluding hydrogens is 314 g/mol. The number of rotatable bonds is 4. The Balaban J connectivity index is 2.05. The third-order valence-electron chi connectivity index (χ3n) is 3.13. The van der Waals surface area contributed by atoms with Gasteiger partial charge in [-0.25, -0.2) is 4.98 Å². The lowest BCUT2D eigenvalue weighted by Crippen LogP contribution is -2.27. The summed E-state index contributed by atoms with van der Waals surface area (Å²) in [6.07, 6.45) is 1.65. The number of hydrogen-bond donors (Lipinski definition) is 2. The van der Waals surface area contributed by atoms with Gasteiger partial charge in [-0.2, -0.15) is 0 Å². The fraction of sp³-hybridized carbons (Fsp3) is 0.294. The average Bonchev–Trinajstić information content (AvgIpc) is 2.48. The van der Waals surface area contributed by atoms with Crippen LogP contribution in [0.5, 0.6) is 5.75 Å². The zero-order valence-corrected chi connectivity index (χ0v) is 14.4. The number of benzene rings is 1. The van der Waals surface area contributed by atoms with Crippen molar-refractivity contribution in [1.82, 2.24) is 4.98 Å². The zero-order chi connectivity index (χ0) is 17.0. The third kappa shape index (κ3) is 4.60. The Kier molecular flexibility index (Phi) is 5.11. The molecule has 0 fully saturated rings. The second-order valence-corrected chi connectivity index (χ2v) is 6.52. The highest BCUT2D eigenvalue weighted by molar-refractivity contribution is 6.32. The molecular formula is C17H20ClN3O2. The van der Waals surface area contributed by atoms with Crippen molar-refractivity contribution in [3.63, 3.8) is 0 Å². The summed E-state index contributed by atoms with van der Waals surface area (Å²) in [7, 11) is 1.57. The Morgan fingerprint density at radius 1 is 1.17 bits per heavy atom. The monoisotopic (exact) mass is 333 g/mol. The standard InChI is InChI=1S/C17H20ClN3O2/c1-17(2,3)16(22)21-15-8-6-12(10-19-15)20-11-5-7-14(23-4)13(18)9-11/h5-10,20H,1-4H3,(H,19,21,22). The van der Waals surface area contributed by atoms with Crippen LogP contribution in [0.4, 0.5) is 17.2 Å². The van der Waals surface area contributed by atoms with Crippen LogP contribution in [0.15, 0.2) is 36.5 Å². The first-order valence-corrected chi connectivity index (χ1v) is 7.55. The van der Waals surface area contributed by atoms with Crippen molar-refractivity contribution >= 4 is 34.7 Å². The highest BCUT2D eigenvalue weighted by Gasteiger charge is 2.21. The molecule has 2 N–H and O–H groups in total. The lowest BCUT2D eigenvalue weighted by molar-refractivity contribution is -0.123. The Labute approximate surface area is 141 Å². The van der Waals surface area contributed by atoms with Gasteiger partial charge in [-0.1, -0.05) is 32.4 Å². The van der Waals surface area contributed by atoms with Gasteiger partial charge in [0.05, 0.1) is 24.0 Å². The number of amides is 1. The topological polar surface area (TPSA) is 63.2 Å². The van der Waals surface area contributed by atoms with Crippen LogP contribution in [0.25, 0.3) is 0 Å². The van der Waals surface area contributed by atoms with E-state index < -0.39 is 5.41 Å². The molecule has 0 aliphatic rings. The Bertz CT molecular complexity index is 694. The minimum absolute atomic E-state index is 0.0763. The van der Waals surface area contributed by atoms with E-state index in [1.165, 1.54) is 0 Å². The number of anilines is 3. The van der Waals surface area contributed by atoms with Gasteiger partial charge in [0.15, 0.2) is 0 Å². The third-order valence-corrected chi connectivity index (χ3v) is 3.42. The molecule has 0 unspecified atom stereocenters. The van der Waals surface area contributed by atoms with Crippen molar-refractivity contribution in [3.8, 4) is 5.75 Å². The molecule has 0 radical (unpaired) electrons. The molecule has 122 valence electrons. The molecule has 1 amide bonds. The van der Waals surface area contributed by atoms with Crippen molar-refractivity contribution < 1.29 is 9.53 Å². The number of aromatic nitrogens is 1. The minimum Gasteiger partial charge on any atom is -0.495 e. The Hall–Kier alpha value is -2.27. The average molecular weight is 334 g/mol. The van der Waals surface area contributed by atoms with Gasteiger partial charge in [0.1, 0.15) is 11.6 Å². The van der Waals surface area contributed by atoms with E-state index in [1.807, 2.05) is 32.9 Å². The number of hydrogen-bond acceptors (Lipinski definition) is 4. The van der Waals surface area contributed by atoms with E-state index in [1.54, 1.807) is 31.5 Å². The maximum atomic E-state index is 11.9. The summed E-state index contributed by atoms with van der Waals surface area (Å²) >= 11 is 6.09. The molecule has 23 heavy (non-hydrogen) atoms. The molecule has 1 heterocycles. The SMILES string of the molecule is COc1ccc(Nc2ccc(NC(=O)C(C)(C)C)nc2)cc1Cl. The van der Waals surface area contributed by atoms with Crippen LogP contribution in [0.2, 0.25) is 5.02 Å². The normalized spacial score (nSPS) is 11.0. The number of nitrogens with zero attached hydrogens (tertiary/aromatic N) is 1. The molecule has 6 heteroatoms. The maximum Gasteiger partial charge on any atom is 0.230 e. The molecule has 0 aliphatic heterocycles. The van der Waals surface area contributed by atoms with Gasteiger partial charge in [-0.3, -0.25) is 4.79 Å². The van der Waals surface area contributed by atoms with Gasteiger partial charge in [0.25, 0.3) is 0 Å². The molecule has 1 aromatic heterocycles. The fourth-order valence-electron chi connectivity index (χ4n) is 1.76. The van der Waals surface area contributed by atoms with Gasteiger partial charge in [0.2, 0.25) is 5.91 Å². The summed E-state index contributed by atoms with van der Waals surface area (Å²) in [5.41, 5.74) is 1.16. The minimum atomic E-state index is -0.460. The van der Waals surface area contributed by atoms with Crippen LogP contribution in [0, 0.1) is 5.41 Å². The lowest BCUT2D eigenvalue weighted by Gasteiger charge is -2.17. The number of nitrogens with one attached hydrogen (secondary N) is 2. The number of halogens is 1. The molecule has 0 saturated carbocycles. The van der Waals surface area contributed by atoms with Crippen molar-refractivity contribution in [1.29, 1.82) is 0 Å². The summed E-state index contributed by atoms with van der Waals surface area (Å²) in [4.78, 5) is 16.1. The van der Waals surface area contributed by atoms with Crippen molar-refractivity contribution in [2.24, 2.45) is 5.41 Å². The number of ether oxygens (including phenoxy) is 1. The molecule has 0 saturated heterocycles. The van der Waals surface area contributed by atoms with Crippen LogP contribution in [0.1, 0.15) is 20.8 Å². The van der Waals surface area contributed by atoms with Gasteiger partial charge in [0, 0.05) is 11.1 Å². The fourth-order valence-corrected chi connectivity index (χ4v) is 2.01. The van der Waals surface area contributed by atoms with Crippen LogP contribution in [0.3, 0.4) is 0 Å². The summed E-state index contributed by atoms with van der Waals surface area (Å²) in [6, 6.07) is 9.01. The highest BCUT2D eigenvalue weighted by Crippen LogP contribution is 2.28. The van der Waals surface area contributed by atoms with Crippen LogP contribution < -0.4 is 15.4 Å². The number of pyridine rings is 1. The van der Waals surface area contributed by atoms with Gasteiger partial charge in [-0.05, 0) is 30.3 Å². The maximum absolute atomic E-state index is 11.9. The van der Waals surface area contributed by atoms with E-state index in [0.717, 1.165) is 11.4 Å². The van der Waals surface area contributed by atoms with Gasteiger partial charge in [-0.15, -0.1) is 0 Å². The molecule has 2 rings (SSSR count). The number of methoxy groups -OCH3 is 1. The molecule has 0 spiro atoms. The Morgan fingerprint density at radius 3 is 2.39 bits per heavy atom. The Morgan fingerprint density at radius 2 is 1.87 bits per heavy atom. The first-order valence-electron chi connectivity index (χ1n) is 7.17. The zero-order valence-electron chi connectivity index (χ0n) is 13.6. The van der Waals surface area contributed by atoms with E-state index in [2.05, 4.69) is 15.6 Å². The summed E-state index contributed by atoms with van der Waals surface area (Å²) < 4.78 is 5.12. The lowest BCUT2D eigenvalue weighted by atomic mass is 9.96. The van der Waals surface area contributed by atoms with Gasteiger partial charge < -0.3 is 15.4 Å². The second-order valence-electron chi connectivity index (χ2n) is 6.11. The van der Waals surface area contributed by atoms with E-state index in [0.29, 0.717) is 16.6 Å². The van der Waals surface area contributed by atoms with Crippen molar-refractivity contribution in [2.75, 3.05) is 17.7 Å². The number of carbonyl (C=O) groups is 1. The summed E-state index contributed by atoms with van der Waals surface area (Å²) in [5, 5.41) is 6.50. The first kappa shape index (κ1) is 17.1. The van der Waals surface area contributed by atoms with E-state index in [-0.39, 0.29) is 5.91 Å². The highest BCUT2D eigenvalue weighted by atomic mass is 35.5. The largest absolute Gasteiger partial charge is 0.495 e. The summed E-state index contributed by atoms with van der Waals surface area (Å²) in [6.45, 7) is 5.56.